The summed E-state index contributed by atoms with van der Waals surface area (Å²) in [6.07, 6.45) is 0.841. The number of nitrogen functional groups attached to an aromatic ring is 1. The molecule has 7 nitrogen and oxygen atoms in total. The van der Waals surface area contributed by atoms with E-state index < -0.39 is 0 Å². The van der Waals surface area contributed by atoms with Crippen molar-refractivity contribution in [3.05, 3.63) is 23.8 Å². The first-order valence-electron chi connectivity index (χ1n) is 6.59. The zero-order chi connectivity index (χ0) is 15.2. The molecule has 0 saturated carbocycles. The number of hydrogen-bond donors (Lipinski definition) is 1. The molecule has 0 radical (unpaired) electrons. The third-order valence-corrected chi connectivity index (χ3v) is 2.57. The van der Waals surface area contributed by atoms with Crippen molar-refractivity contribution in [3.8, 4) is 23.5 Å². The number of nitrogens with two attached hydrogens (primary N) is 1. The third kappa shape index (κ3) is 3.95. The molecule has 112 valence electrons. The van der Waals surface area contributed by atoms with Crippen LogP contribution in [0.4, 0.5) is 5.95 Å². The topological polar surface area (TPSA) is 92.4 Å². The van der Waals surface area contributed by atoms with E-state index in [0.717, 1.165) is 12.0 Å². The van der Waals surface area contributed by atoms with Gasteiger partial charge in [0, 0.05) is 0 Å². The van der Waals surface area contributed by atoms with Crippen molar-refractivity contribution in [1.82, 2.24) is 15.0 Å². The van der Waals surface area contributed by atoms with Gasteiger partial charge in [0.1, 0.15) is 0 Å². The van der Waals surface area contributed by atoms with Crippen molar-refractivity contribution in [3.63, 3.8) is 0 Å². The van der Waals surface area contributed by atoms with Crippen LogP contribution in [0.2, 0.25) is 0 Å². The second kappa shape index (κ2) is 6.74. The highest BCUT2D eigenvalue weighted by molar-refractivity contribution is 5.44. The fourth-order valence-electron chi connectivity index (χ4n) is 1.61. The Morgan fingerprint density at radius 1 is 1.10 bits per heavy atom. The van der Waals surface area contributed by atoms with Crippen LogP contribution in [0.5, 0.6) is 23.5 Å². The molecule has 0 bridgehead atoms. The van der Waals surface area contributed by atoms with Gasteiger partial charge in [0.05, 0.1) is 13.7 Å². The molecule has 0 spiro atoms. The first-order valence-corrected chi connectivity index (χ1v) is 6.59. The third-order valence-electron chi connectivity index (χ3n) is 2.57. The average Bonchev–Trinajstić information content (AvgIpc) is 2.46. The standard InChI is InChI=1S/C14H18N4O3/c1-4-7-20-13-16-12(15)17-14(18-13)21-10-6-5-9(2)8-11(10)19-3/h5-6,8H,4,7H2,1-3H3,(H2,15,16,17,18). The molecule has 1 aromatic carbocycles. The predicted molar refractivity (Wildman–Crippen MR) is 77.8 cm³/mol. The summed E-state index contributed by atoms with van der Waals surface area (Å²) >= 11 is 0. The smallest absolute Gasteiger partial charge is 0.330 e. The van der Waals surface area contributed by atoms with Crippen LogP contribution in [-0.2, 0) is 0 Å². The molecular formula is C14H18N4O3. The highest BCUT2D eigenvalue weighted by Gasteiger charge is 2.11. The zero-order valence-corrected chi connectivity index (χ0v) is 12.3. The van der Waals surface area contributed by atoms with Gasteiger partial charge in [-0.15, -0.1) is 4.98 Å². The van der Waals surface area contributed by atoms with Gasteiger partial charge in [0.2, 0.25) is 5.95 Å². The Balaban J connectivity index is 2.24. The molecule has 0 unspecified atom stereocenters. The molecule has 0 aliphatic heterocycles. The number of hydrogen-bond acceptors (Lipinski definition) is 7. The van der Waals surface area contributed by atoms with Gasteiger partial charge in [-0.05, 0) is 31.0 Å². The Hall–Kier alpha value is -2.57. The lowest BCUT2D eigenvalue weighted by molar-refractivity contribution is 0.284. The monoisotopic (exact) mass is 290 g/mol. The Bertz CT molecular complexity index is 619. The summed E-state index contributed by atoms with van der Waals surface area (Å²) in [5.74, 6) is 1.12. The van der Waals surface area contributed by atoms with Gasteiger partial charge in [-0.25, -0.2) is 0 Å². The first kappa shape index (κ1) is 14.8. The Morgan fingerprint density at radius 3 is 2.57 bits per heavy atom. The Kier molecular flexibility index (Phi) is 4.76. The van der Waals surface area contributed by atoms with Crippen LogP contribution in [0.25, 0.3) is 0 Å². The summed E-state index contributed by atoms with van der Waals surface area (Å²) in [6, 6.07) is 5.74. The number of benzene rings is 1. The minimum atomic E-state index is 0.0391. The summed E-state index contributed by atoms with van der Waals surface area (Å²) in [5.41, 5.74) is 6.68. The van der Waals surface area contributed by atoms with E-state index in [1.54, 1.807) is 13.2 Å². The van der Waals surface area contributed by atoms with Crippen LogP contribution < -0.4 is 19.9 Å². The van der Waals surface area contributed by atoms with Gasteiger partial charge in [-0.3, -0.25) is 0 Å². The number of ether oxygens (including phenoxy) is 3. The maximum absolute atomic E-state index is 5.63. The largest absolute Gasteiger partial charge is 0.493 e. The molecule has 1 heterocycles. The summed E-state index contributed by atoms with van der Waals surface area (Å²) in [7, 11) is 1.57. The van der Waals surface area contributed by atoms with E-state index in [0.29, 0.717) is 18.1 Å². The summed E-state index contributed by atoms with van der Waals surface area (Å²) in [6.45, 7) is 4.44. The molecule has 0 atom stereocenters. The van der Waals surface area contributed by atoms with Crippen LogP contribution in [0.3, 0.4) is 0 Å². The van der Waals surface area contributed by atoms with E-state index in [1.165, 1.54) is 0 Å². The SMILES string of the molecule is CCCOc1nc(N)nc(Oc2ccc(C)cc2OC)n1. The van der Waals surface area contributed by atoms with Crippen LogP contribution >= 0.6 is 0 Å². The van der Waals surface area contributed by atoms with E-state index in [-0.39, 0.29) is 18.0 Å². The lowest BCUT2D eigenvalue weighted by atomic mass is 10.2. The van der Waals surface area contributed by atoms with Gasteiger partial charge in [-0.2, -0.15) is 9.97 Å². The fraction of sp³-hybridized carbons (Fsp3) is 0.357. The molecule has 21 heavy (non-hydrogen) atoms. The minimum Gasteiger partial charge on any atom is -0.493 e. The second-order valence-corrected chi connectivity index (χ2v) is 4.36. The van der Waals surface area contributed by atoms with E-state index in [2.05, 4.69) is 15.0 Å². The van der Waals surface area contributed by atoms with Crippen LogP contribution in [0.1, 0.15) is 18.9 Å². The number of aryl methyl sites for hydroxylation is 1. The van der Waals surface area contributed by atoms with E-state index in [4.69, 9.17) is 19.9 Å². The van der Waals surface area contributed by atoms with Gasteiger partial charge in [0.25, 0.3) is 0 Å². The molecule has 0 aliphatic carbocycles. The molecule has 0 fully saturated rings. The summed E-state index contributed by atoms with van der Waals surface area (Å²) in [4.78, 5) is 11.9. The first-order chi connectivity index (χ1) is 10.1. The minimum absolute atomic E-state index is 0.0391. The normalized spacial score (nSPS) is 10.2. The molecule has 7 heteroatoms. The summed E-state index contributed by atoms with van der Waals surface area (Å²) in [5, 5.41) is 0. The highest BCUT2D eigenvalue weighted by Crippen LogP contribution is 2.31. The number of methoxy groups -OCH3 is 1. The van der Waals surface area contributed by atoms with Gasteiger partial charge >= 0.3 is 12.0 Å². The molecule has 0 saturated heterocycles. The molecule has 0 amide bonds. The maximum atomic E-state index is 5.63. The molecule has 2 rings (SSSR count). The number of anilines is 1. The highest BCUT2D eigenvalue weighted by atomic mass is 16.5. The van der Waals surface area contributed by atoms with E-state index in [1.807, 2.05) is 26.0 Å². The van der Waals surface area contributed by atoms with Crippen LogP contribution in [0.15, 0.2) is 18.2 Å². The Morgan fingerprint density at radius 2 is 1.86 bits per heavy atom. The van der Waals surface area contributed by atoms with Crippen molar-refractivity contribution in [2.75, 3.05) is 19.5 Å². The number of aromatic nitrogens is 3. The molecular weight excluding hydrogens is 272 g/mol. The predicted octanol–water partition coefficient (Wildman–Crippen LogP) is 2.35. The zero-order valence-electron chi connectivity index (χ0n) is 12.3. The summed E-state index contributed by atoms with van der Waals surface area (Å²) < 4.78 is 16.2. The average molecular weight is 290 g/mol. The van der Waals surface area contributed by atoms with Crippen molar-refractivity contribution >= 4 is 5.95 Å². The van der Waals surface area contributed by atoms with Gasteiger partial charge in [-0.1, -0.05) is 13.0 Å². The van der Waals surface area contributed by atoms with E-state index >= 15 is 0 Å². The van der Waals surface area contributed by atoms with Crippen LogP contribution in [-0.4, -0.2) is 28.7 Å². The second-order valence-electron chi connectivity index (χ2n) is 4.36. The van der Waals surface area contributed by atoms with E-state index in [9.17, 15) is 0 Å². The lowest BCUT2D eigenvalue weighted by Gasteiger charge is -2.10. The number of rotatable bonds is 6. The van der Waals surface area contributed by atoms with Crippen molar-refractivity contribution in [2.45, 2.75) is 20.3 Å². The van der Waals surface area contributed by atoms with Crippen molar-refractivity contribution < 1.29 is 14.2 Å². The fourth-order valence-corrected chi connectivity index (χ4v) is 1.61. The van der Waals surface area contributed by atoms with Gasteiger partial charge in [0.15, 0.2) is 11.5 Å². The molecule has 1 aromatic heterocycles. The lowest BCUT2D eigenvalue weighted by Crippen LogP contribution is -2.06. The molecule has 2 N–H and O–H groups in total. The molecule has 2 aromatic rings. The number of nitrogens with zero attached hydrogens (tertiary/aromatic N) is 3. The Labute approximate surface area is 123 Å². The maximum Gasteiger partial charge on any atom is 0.330 e. The van der Waals surface area contributed by atoms with Crippen LogP contribution in [0, 0.1) is 6.92 Å². The van der Waals surface area contributed by atoms with Gasteiger partial charge < -0.3 is 19.9 Å². The quantitative estimate of drug-likeness (QED) is 0.872. The van der Waals surface area contributed by atoms with Crippen molar-refractivity contribution in [2.24, 2.45) is 0 Å². The van der Waals surface area contributed by atoms with Crippen molar-refractivity contribution in [1.29, 1.82) is 0 Å². The molecule has 0 aliphatic rings.